The van der Waals surface area contributed by atoms with E-state index in [0.29, 0.717) is 5.58 Å². The molecule has 3 aromatic rings. The normalized spacial score (nSPS) is 12.8. The maximum absolute atomic E-state index is 11.5. The number of nitrogens with two attached hydrogens (primary N) is 1. The van der Waals surface area contributed by atoms with Crippen LogP contribution >= 0.6 is 22.6 Å². The van der Waals surface area contributed by atoms with Gasteiger partial charge in [-0.2, -0.15) is 0 Å². The van der Waals surface area contributed by atoms with Crippen molar-refractivity contribution >= 4 is 33.7 Å². The number of fused-ring (bicyclic) bond motifs is 1. The Morgan fingerprint density at radius 3 is 2.75 bits per heavy atom. The summed E-state index contributed by atoms with van der Waals surface area (Å²) in [5.41, 5.74) is 9.65. The molecule has 0 amide bonds. The Labute approximate surface area is 129 Å². The average Bonchev–Trinajstić information content (AvgIpc) is 2.73. The van der Waals surface area contributed by atoms with Gasteiger partial charge in [0, 0.05) is 10.6 Å². The first-order valence-electron chi connectivity index (χ1n) is 6.17. The van der Waals surface area contributed by atoms with Crippen LogP contribution < -0.4 is 11.5 Å². The molecular formula is C15H13IN2O2. The molecule has 0 aliphatic rings. The number of oxazole rings is 1. The van der Waals surface area contributed by atoms with Crippen LogP contribution in [0.5, 0.6) is 0 Å². The van der Waals surface area contributed by atoms with Crippen molar-refractivity contribution in [2.45, 2.75) is 6.04 Å². The molecule has 0 fully saturated rings. The fourth-order valence-electron chi connectivity index (χ4n) is 2.25. The lowest BCUT2D eigenvalue weighted by atomic mass is 9.99. The zero-order valence-electron chi connectivity index (χ0n) is 10.8. The zero-order chi connectivity index (χ0) is 14.3. The summed E-state index contributed by atoms with van der Waals surface area (Å²) in [5.74, 6) is -0.361. The fourth-order valence-corrected chi connectivity index (χ4v) is 2.97. The van der Waals surface area contributed by atoms with Crippen LogP contribution in [0.15, 0.2) is 51.7 Å². The van der Waals surface area contributed by atoms with Gasteiger partial charge in [0.05, 0.1) is 11.6 Å². The SMILES string of the molecule is Cn1c(=O)oc2cc(C(N)c3ccccc3I)ccc21. The molecule has 0 aliphatic heterocycles. The molecule has 1 aromatic heterocycles. The van der Waals surface area contributed by atoms with E-state index in [2.05, 4.69) is 22.6 Å². The van der Waals surface area contributed by atoms with Crippen molar-refractivity contribution in [3.63, 3.8) is 0 Å². The Hall–Kier alpha value is -1.60. The number of rotatable bonds is 2. The largest absolute Gasteiger partial charge is 0.419 e. The molecule has 1 heterocycles. The van der Waals surface area contributed by atoms with Crippen LogP contribution in [0.3, 0.4) is 0 Å². The van der Waals surface area contributed by atoms with Gasteiger partial charge >= 0.3 is 5.76 Å². The first-order chi connectivity index (χ1) is 9.58. The zero-order valence-corrected chi connectivity index (χ0v) is 13.0. The fraction of sp³-hybridized carbons (Fsp3) is 0.133. The van der Waals surface area contributed by atoms with Gasteiger partial charge in [-0.15, -0.1) is 0 Å². The third-order valence-corrected chi connectivity index (χ3v) is 4.40. The summed E-state index contributed by atoms with van der Waals surface area (Å²) in [6.45, 7) is 0. The van der Waals surface area contributed by atoms with Gasteiger partial charge in [-0.1, -0.05) is 24.3 Å². The molecule has 2 aromatic carbocycles. The first-order valence-corrected chi connectivity index (χ1v) is 7.25. The van der Waals surface area contributed by atoms with Gasteiger partial charge < -0.3 is 10.2 Å². The van der Waals surface area contributed by atoms with Crippen LogP contribution in [0.4, 0.5) is 0 Å². The van der Waals surface area contributed by atoms with Gasteiger partial charge in [-0.05, 0) is 51.9 Å². The maximum atomic E-state index is 11.5. The van der Waals surface area contributed by atoms with Gasteiger partial charge in [0.25, 0.3) is 0 Å². The van der Waals surface area contributed by atoms with E-state index in [9.17, 15) is 4.79 Å². The van der Waals surface area contributed by atoms with Crippen molar-refractivity contribution in [1.82, 2.24) is 4.57 Å². The Kier molecular flexibility index (Phi) is 3.39. The molecule has 5 heteroatoms. The van der Waals surface area contributed by atoms with Gasteiger partial charge in [0.1, 0.15) is 0 Å². The summed E-state index contributed by atoms with van der Waals surface area (Å²) >= 11 is 2.27. The van der Waals surface area contributed by atoms with Crippen LogP contribution in [0.1, 0.15) is 17.2 Å². The average molecular weight is 380 g/mol. The molecule has 1 atom stereocenters. The van der Waals surface area contributed by atoms with Gasteiger partial charge in [-0.25, -0.2) is 4.79 Å². The van der Waals surface area contributed by atoms with E-state index < -0.39 is 0 Å². The molecule has 2 N–H and O–H groups in total. The third kappa shape index (κ3) is 2.16. The van der Waals surface area contributed by atoms with E-state index in [1.807, 2.05) is 42.5 Å². The number of hydrogen-bond donors (Lipinski definition) is 1. The van der Waals surface area contributed by atoms with Crippen molar-refractivity contribution < 1.29 is 4.42 Å². The predicted octanol–water partition coefficient (Wildman–Crippen LogP) is 2.78. The smallest absolute Gasteiger partial charge is 0.408 e. The molecule has 4 nitrogen and oxygen atoms in total. The highest BCUT2D eigenvalue weighted by Gasteiger charge is 2.14. The molecule has 0 radical (unpaired) electrons. The van der Waals surface area contributed by atoms with Crippen LogP contribution in [0.25, 0.3) is 11.1 Å². The standard InChI is InChI=1S/C15H13IN2O2/c1-18-12-7-6-9(8-13(12)20-15(18)19)14(17)10-4-2-3-5-11(10)16/h2-8,14H,17H2,1H3. The number of benzene rings is 2. The molecule has 3 rings (SSSR count). The molecule has 20 heavy (non-hydrogen) atoms. The van der Waals surface area contributed by atoms with E-state index in [0.717, 1.165) is 20.2 Å². The number of aromatic nitrogens is 1. The van der Waals surface area contributed by atoms with Crippen molar-refractivity contribution in [3.05, 3.63) is 67.7 Å². The van der Waals surface area contributed by atoms with E-state index in [1.165, 1.54) is 4.57 Å². The molecule has 102 valence electrons. The minimum Gasteiger partial charge on any atom is -0.408 e. The number of nitrogens with zero attached hydrogens (tertiary/aromatic N) is 1. The lowest BCUT2D eigenvalue weighted by Gasteiger charge is -2.14. The topological polar surface area (TPSA) is 61.2 Å². The van der Waals surface area contributed by atoms with Gasteiger partial charge in [-0.3, -0.25) is 4.57 Å². The van der Waals surface area contributed by atoms with Crippen molar-refractivity contribution in [3.8, 4) is 0 Å². The Morgan fingerprint density at radius 2 is 2.00 bits per heavy atom. The van der Waals surface area contributed by atoms with Crippen LogP contribution in [-0.2, 0) is 7.05 Å². The monoisotopic (exact) mass is 380 g/mol. The van der Waals surface area contributed by atoms with Crippen molar-refractivity contribution in [1.29, 1.82) is 0 Å². The molecule has 0 saturated carbocycles. The molecule has 1 unspecified atom stereocenters. The molecule has 0 aliphatic carbocycles. The summed E-state index contributed by atoms with van der Waals surface area (Å²) in [6.07, 6.45) is 0. The van der Waals surface area contributed by atoms with Gasteiger partial charge in [0.15, 0.2) is 5.58 Å². The lowest BCUT2D eigenvalue weighted by molar-refractivity contribution is 0.527. The van der Waals surface area contributed by atoms with Crippen molar-refractivity contribution in [2.75, 3.05) is 0 Å². The maximum Gasteiger partial charge on any atom is 0.419 e. The minimum atomic E-state index is -0.361. The summed E-state index contributed by atoms with van der Waals surface area (Å²) in [5, 5.41) is 0. The van der Waals surface area contributed by atoms with Gasteiger partial charge in [0.2, 0.25) is 0 Å². The van der Waals surface area contributed by atoms with E-state index in [4.69, 9.17) is 10.2 Å². The Bertz CT molecular complexity index is 835. The van der Waals surface area contributed by atoms with Crippen LogP contribution in [0, 0.1) is 3.57 Å². The third-order valence-electron chi connectivity index (χ3n) is 3.42. The Morgan fingerprint density at radius 1 is 1.25 bits per heavy atom. The van der Waals surface area contributed by atoms with Crippen LogP contribution in [0.2, 0.25) is 0 Å². The first kappa shape index (κ1) is 13.4. The number of halogens is 1. The quantitative estimate of drug-likeness (QED) is 0.696. The lowest BCUT2D eigenvalue weighted by Crippen LogP contribution is -2.13. The summed E-state index contributed by atoms with van der Waals surface area (Å²) in [4.78, 5) is 11.5. The number of hydrogen-bond acceptors (Lipinski definition) is 3. The number of aryl methyl sites for hydroxylation is 1. The highest BCUT2D eigenvalue weighted by Crippen LogP contribution is 2.26. The molecular weight excluding hydrogens is 367 g/mol. The molecule has 0 spiro atoms. The molecule has 0 saturated heterocycles. The predicted molar refractivity (Wildman–Crippen MR) is 86.6 cm³/mol. The second-order valence-electron chi connectivity index (χ2n) is 4.65. The summed E-state index contributed by atoms with van der Waals surface area (Å²) in [6, 6.07) is 13.4. The highest BCUT2D eigenvalue weighted by atomic mass is 127. The highest BCUT2D eigenvalue weighted by molar-refractivity contribution is 14.1. The Balaban J connectivity index is 2.11. The van der Waals surface area contributed by atoms with E-state index in [-0.39, 0.29) is 11.8 Å². The second-order valence-corrected chi connectivity index (χ2v) is 5.82. The molecule has 0 bridgehead atoms. The summed E-state index contributed by atoms with van der Waals surface area (Å²) in [7, 11) is 1.69. The summed E-state index contributed by atoms with van der Waals surface area (Å²) < 4.78 is 7.81. The van der Waals surface area contributed by atoms with E-state index >= 15 is 0 Å². The van der Waals surface area contributed by atoms with E-state index in [1.54, 1.807) is 7.05 Å². The van der Waals surface area contributed by atoms with Crippen LogP contribution in [-0.4, -0.2) is 4.57 Å². The minimum absolute atomic E-state index is 0.238. The second kappa shape index (κ2) is 5.06. The van der Waals surface area contributed by atoms with Crippen molar-refractivity contribution in [2.24, 2.45) is 12.8 Å².